The number of piperidine rings is 1. The highest BCUT2D eigenvalue weighted by Crippen LogP contribution is 2.19. The van der Waals surface area contributed by atoms with Crippen LogP contribution >= 0.6 is 0 Å². The summed E-state index contributed by atoms with van der Waals surface area (Å²) < 4.78 is 1.72. The average molecular weight is 372 g/mol. The predicted molar refractivity (Wildman–Crippen MR) is 105 cm³/mol. The molecule has 1 amide bonds. The number of aromatic nitrogens is 3. The number of aliphatic hydroxyl groups is 1. The molecule has 1 N–H and O–H groups in total. The van der Waals surface area contributed by atoms with Crippen molar-refractivity contribution in [3.63, 3.8) is 0 Å². The van der Waals surface area contributed by atoms with E-state index in [0.717, 1.165) is 18.5 Å². The highest BCUT2D eigenvalue weighted by Gasteiger charge is 2.23. The summed E-state index contributed by atoms with van der Waals surface area (Å²) in [6.45, 7) is 1.03. The lowest BCUT2D eigenvalue weighted by atomic mass is 10.0. The summed E-state index contributed by atoms with van der Waals surface area (Å²) in [5, 5.41) is 14.2. The first-order valence-corrected chi connectivity index (χ1v) is 9.25. The molecule has 1 saturated heterocycles. The van der Waals surface area contributed by atoms with Crippen molar-refractivity contribution in [1.29, 1.82) is 0 Å². The van der Waals surface area contributed by atoms with E-state index in [0.29, 0.717) is 29.9 Å². The summed E-state index contributed by atoms with van der Waals surface area (Å²) in [7, 11) is 0. The fraction of sp³-hybridized carbons (Fsp3) is 0.227. The van der Waals surface area contributed by atoms with Crippen LogP contribution in [-0.2, 0) is 0 Å². The van der Waals surface area contributed by atoms with Crippen LogP contribution in [0.1, 0.15) is 34.5 Å². The second kappa shape index (κ2) is 8.07. The number of amides is 1. The van der Waals surface area contributed by atoms with Crippen LogP contribution in [0.2, 0.25) is 0 Å². The zero-order valence-electron chi connectivity index (χ0n) is 15.3. The van der Waals surface area contributed by atoms with Crippen LogP contribution in [0.25, 0.3) is 5.69 Å². The van der Waals surface area contributed by atoms with Crippen molar-refractivity contribution in [2.24, 2.45) is 0 Å². The number of rotatable bonds is 2. The maximum atomic E-state index is 12.9. The minimum absolute atomic E-state index is 0.0911. The smallest absolute Gasteiger partial charge is 0.253 e. The highest BCUT2D eigenvalue weighted by atomic mass is 16.3. The first kappa shape index (κ1) is 18.0. The van der Waals surface area contributed by atoms with Gasteiger partial charge in [-0.05, 0) is 55.2 Å². The molecular formula is C22H20N4O2. The second-order valence-corrected chi connectivity index (χ2v) is 6.69. The maximum absolute atomic E-state index is 12.9. The van der Waals surface area contributed by atoms with Gasteiger partial charge >= 0.3 is 0 Å². The lowest BCUT2D eigenvalue weighted by molar-refractivity contribution is 0.0473. The monoisotopic (exact) mass is 372 g/mol. The first-order chi connectivity index (χ1) is 13.7. The van der Waals surface area contributed by atoms with Crippen molar-refractivity contribution in [3.05, 3.63) is 77.9 Å². The number of pyridine rings is 1. The number of carbonyl (C=O) groups excluding carboxylic acids is 1. The molecule has 0 radical (unpaired) electrons. The molecule has 28 heavy (non-hydrogen) atoms. The fourth-order valence-electron chi connectivity index (χ4n) is 3.27. The van der Waals surface area contributed by atoms with Crippen LogP contribution in [-0.4, -0.2) is 49.9 Å². The molecular weight excluding hydrogens is 352 g/mol. The number of hydrogen-bond acceptors (Lipinski definition) is 4. The number of hydrogen-bond donors (Lipinski definition) is 1. The molecule has 6 heteroatoms. The predicted octanol–water partition coefficient (Wildman–Crippen LogP) is 2.26. The summed E-state index contributed by atoms with van der Waals surface area (Å²) >= 11 is 0. The quantitative estimate of drug-likeness (QED) is 0.701. The van der Waals surface area contributed by atoms with E-state index in [2.05, 4.69) is 21.9 Å². The lowest BCUT2D eigenvalue weighted by Gasteiger charge is -2.30. The van der Waals surface area contributed by atoms with Gasteiger partial charge in [-0.15, -0.1) is 0 Å². The van der Waals surface area contributed by atoms with E-state index in [-0.39, 0.29) is 5.91 Å². The third-order valence-corrected chi connectivity index (χ3v) is 4.67. The summed E-state index contributed by atoms with van der Waals surface area (Å²) in [6, 6.07) is 12.8. The Hall–Kier alpha value is -3.43. The molecule has 1 fully saturated rings. The van der Waals surface area contributed by atoms with E-state index < -0.39 is 6.10 Å². The lowest BCUT2D eigenvalue weighted by Crippen LogP contribution is -2.42. The molecule has 0 bridgehead atoms. The van der Waals surface area contributed by atoms with Gasteiger partial charge in [0.05, 0.1) is 17.4 Å². The molecule has 1 atom stereocenters. The van der Waals surface area contributed by atoms with Crippen LogP contribution in [0.5, 0.6) is 0 Å². The molecule has 2 aromatic heterocycles. The van der Waals surface area contributed by atoms with E-state index in [1.54, 1.807) is 34.1 Å². The standard InChI is InChI=1S/C22H20N4O2/c27-20-6-3-13-25(16-20)22(28)18-8-10-21(26-14-4-12-24-26)17(15-18)7-9-19-5-1-2-11-23-19/h1-2,4-5,8,10-12,14-15,20,27H,3,6,13,16H2/t20-/m1/s1. The summed E-state index contributed by atoms with van der Waals surface area (Å²) in [6.07, 6.45) is 6.32. The van der Waals surface area contributed by atoms with Crippen molar-refractivity contribution in [2.45, 2.75) is 18.9 Å². The number of carbonyl (C=O) groups is 1. The van der Waals surface area contributed by atoms with Crippen molar-refractivity contribution in [1.82, 2.24) is 19.7 Å². The Balaban J connectivity index is 1.70. The van der Waals surface area contributed by atoms with Gasteiger partial charge in [0.25, 0.3) is 5.91 Å². The Morgan fingerprint density at radius 2 is 2.07 bits per heavy atom. The molecule has 6 nitrogen and oxygen atoms in total. The molecule has 1 aliphatic heterocycles. The molecule has 1 aliphatic rings. The van der Waals surface area contributed by atoms with E-state index in [1.165, 1.54) is 0 Å². The van der Waals surface area contributed by atoms with Gasteiger partial charge < -0.3 is 10.0 Å². The van der Waals surface area contributed by atoms with Crippen LogP contribution in [0.15, 0.2) is 61.1 Å². The molecule has 0 unspecified atom stereocenters. The van der Waals surface area contributed by atoms with Gasteiger partial charge in [0.15, 0.2) is 0 Å². The zero-order valence-corrected chi connectivity index (χ0v) is 15.3. The van der Waals surface area contributed by atoms with Crippen LogP contribution in [0.4, 0.5) is 0 Å². The van der Waals surface area contributed by atoms with Crippen molar-refractivity contribution >= 4 is 5.91 Å². The molecule has 3 aromatic rings. The molecule has 3 heterocycles. The minimum atomic E-state index is -0.454. The van der Waals surface area contributed by atoms with E-state index in [1.807, 2.05) is 36.5 Å². The Kier molecular flexibility index (Phi) is 5.18. The number of benzene rings is 1. The topological polar surface area (TPSA) is 71.2 Å². The Morgan fingerprint density at radius 3 is 2.82 bits per heavy atom. The van der Waals surface area contributed by atoms with Crippen molar-refractivity contribution in [2.75, 3.05) is 13.1 Å². The molecule has 0 spiro atoms. The highest BCUT2D eigenvalue weighted by molar-refractivity contribution is 5.95. The summed E-state index contributed by atoms with van der Waals surface area (Å²) in [4.78, 5) is 18.8. The van der Waals surface area contributed by atoms with Gasteiger partial charge in [-0.1, -0.05) is 12.0 Å². The van der Waals surface area contributed by atoms with E-state index >= 15 is 0 Å². The minimum Gasteiger partial charge on any atom is -0.391 e. The fourth-order valence-corrected chi connectivity index (χ4v) is 3.27. The molecule has 1 aromatic carbocycles. The van der Waals surface area contributed by atoms with Gasteiger partial charge in [0, 0.05) is 37.2 Å². The van der Waals surface area contributed by atoms with Crippen LogP contribution in [0, 0.1) is 11.8 Å². The second-order valence-electron chi connectivity index (χ2n) is 6.69. The summed E-state index contributed by atoms with van der Waals surface area (Å²) in [5.74, 6) is 6.09. The van der Waals surface area contributed by atoms with E-state index in [4.69, 9.17) is 0 Å². The third kappa shape index (κ3) is 3.95. The SMILES string of the molecule is O=C(c1ccc(-n2cccn2)c(C#Cc2ccccn2)c1)N1CCC[C@@H](O)C1. The van der Waals surface area contributed by atoms with Crippen LogP contribution in [0.3, 0.4) is 0 Å². The van der Waals surface area contributed by atoms with E-state index in [9.17, 15) is 9.90 Å². The Bertz CT molecular complexity index is 1020. The number of likely N-dealkylation sites (tertiary alicyclic amines) is 1. The van der Waals surface area contributed by atoms with Gasteiger partial charge in [0.1, 0.15) is 5.69 Å². The Labute approximate surface area is 163 Å². The van der Waals surface area contributed by atoms with Crippen molar-refractivity contribution in [3.8, 4) is 17.5 Å². The number of β-amino-alcohol motifs (C(OH)–C–C–N with tert-alkyl or cyclic N) is 1. The number of aliphatic hydroxyl groups excluding tert-OH is 1. The van der Waals surface area contributed by atoms with Gasteiger partial charge in [-0.25, -0.2) is 9.67 Å². The molecule has 0 saturated carbocycles. The zero-order chi connectivity index (χ0) is 19.3. The average Bonchev–Trinajstić information content (AvgIpc) is 3.27. The van der Waals surface area contributed by atoms with Gasteiger partial charge in [0.2, 0.25) is 0 Å². The molecule has 0 aliphatic carbocycles. The number of nitrogens with zero attached hydrogens (tertiary/aromatic N) is 4. The maximum Gasteiger partial charge on any atom is 0.253 e. The largest absolute Gasteiger partial charge is 0.391 e. The van der Waals surface area contributed by atoms with Gasteiger partial charge in [-0.3, -0.25) is 4.79 Å². The molecule has 140 valence electrons. The van der Waals surface area contributed by atoms with Crippen molar-refractivity contribution < 1.29 is 9.90 Å². The normalized spacial score (nSPS) is 16.3. The summed E-state index contributed by atoms with van der Waals surface area (Å²) in [5.41, 5.74) is 2.70. The van der Waals surface area contributed by atoms with Crippen LogP contribution < -0.4 is 0 Å². The third-order valence-electron chi connectivity index (χ3n) is 4.67. The first-order valence-electron chi connectivity index (χ1n) is 9.25. The Morgan fingerprint density at radius 1 is 1.14 bits per heavy atom. The van der Waals surface area contributed by atoms with Gasteiger partial charge in [-0.2, -0.15) is 5.10 Å². The molecule has 4 rings (SSSR count).